The van der Waals surface area contributed by atoms with Crippen molar-refractivity contribution in [3.8, 4) is 0 Å². The maximum atomic E-state index is 4.66. The number of rotatable bonds is 4. The average Bonchev–Trinajstić information content (AvgIpc) is 2.77. The number of halogens is 1. The van der Waals surface area contributed by atoms with Gasteiger partial charge in [0.05, 0.1) is 10.2 Å². The van der Waals surface area contributed by atoms with Gasteiger partial charge in [-0.25, -0.2) is 15.0 Å². The molecule has 3 heterocycles. The van der Waals surface area contributed by atoms with Gasteiger partial charge in [0.25, 0.3) is 0 Å². The first-order valence-electron chi connectivity index (χ1n) is 6.85. The van der Waals surface area contributed by atoms with Gasteiger partial charge in [-0.3, -0.25) is 0 Å². The maximum Gasteiger partial charge on any atom is 0.126 e. The molecule has 0 unspecified atom stereocenters. The highest BCUT2D eigenvalue weighted by molar-refractivity contribution is 7.99. The fourth-order valence-electron chi connectivity index (χ4n) is 2.32. The van der Waals surface area contributed by atoms with Gasteiger partial charge in [-0.15, -0.1) is 35.5 Å². The lowest BCUT2D eigenvalue weighted by atomic mass is 10.1. The quantitative estimate of drug-likeness (QED) is 0.524. The lowest BCUT2D eigenvalue weighted by Gasteiger charge is -2.08. The van der Waals surface area contributed by atoms with E-state index in [4.69, 9.17) is 0 Å². The van der Waals surface area contributed by atoms with Crippen LogP contribution in [0, 0.1) is 13.8 Å². The highest BCUT2D eigenvalue weighted by atomic mass is 35.5. The first kappa shape index (κ1) is 17.4. The Morgan fingerprint density at radius 3 is 2.73 bits per heavy atom. The monoisotopic (exact) mass is 354 g/mol. The summed E-state index contributed by atoms with van der Waals surface area (Å²) >= 11 is 3.50. The minimum atomic E-state index is 0. The zero-order chi connectivity index (χ0) is 15.0. The topological polar surface area (TPSA) is 41.9 Å². The summed E-state index contributed by atoms with van der Waals surface area (Å²) in [5, 5.41) is 2.25. The summed E-state index contributed by atoms with van der Waals surface area (Å²) in [4.78, 5) is 16.9. The van der Waals surface area contributed by atoms with E-state index in [1.807, 2.05) is 6.92 Å². The normalized spacial score (nSPS) is 11.3. The molecule has 0 aliphatic heterocycles. The fourth-order valence-corrected chi connectivity index (χ4v) is 4.75. The summed E-state index contributed by atoms with van der Waals surface area (Å²) in [5.74, 6) is 1.03. The van der Waals surface area contributed by atoms with E-state index >= 15 is 0 Å². The Kier molecular flexibility index (Phi) is 5.60. The zero-order valence-corrected chi connectivity index (χ0v) is 15.5. The third-order valence-electron chi connectivity index (χ3n) is 3.30. The molecule has 0 saturated heterocycles. The number of pyridine rings is 1. The second-order valence-corrected chi connectivity index (χ2v) is 7.45. The van der Waals surface area contributed by atoms with Gasteiger partial charge in [0, 0.05) is 23.4 Å². The molecule has 0 aliphatic rings. The first-order valence-corrected chi connectivity index (χ1v) is 8.65. The highest BCUT2D eigenvalue weighted by Crippen LogP contribution is 2.37. The Morgan fingerprint density at radius 2 is 2.00 bits per heavy atom. The molecule has 0 spiro atoms. The van der Waals surface area contributed by atoms with Crippen molar-refractivity contribution in [1.29, 1.82) is 0 Å². The van der Waals surface area contributed by atoms with Crippen LogP contribution in [0.3, 0.4) is 0 Å². The van der Waals surface area contributed by atoms with Crippen molar-refractivity contribution in [3.05, 3.63) is 23.7 Å². The summed E-state index contributed by atoms with van der Waals surface area (Å²) in [6.07, 6.45) is 1.67. The number of thiophene rings is 1. The van der Waals surface area contributed by atoms with E-state index in [0.29, 0.717) is 0 Å². The molecule has 3 rings (SSSR count). The van der Waals surface area contributed by atoms with E-state index in [9.17, 15) is 0 Å². The number of aryl methyl sites for hydroxylation is 2. The van der Waals surface area contributed by atoms with Gasteiger partial charge in [-0.05, 0) is 39.6 Å². The molecule has 118 valence electrons. The molecule has 0 fully saturated rings. The van der Waals surface area contributed by atoms with Gasteiger partial charge in [0.1, 0.15) is 16.2 Å². The SMILES string of the molecule is Cc1cc(C)c2c(n1)sc1c(SCCN(C)C)ncnc12.Cl. The van der Waals surface area contributed by atoms with E-state index in [2.05, 4.69) is 46.9 Å². The van der Waals surface area contributed by atoms with Gasteiger partial charge >= 0.3 is 0 Å². The number of fused-ring (bicyclic) bond motifs is 3. The number of hydrogen-bond donors (Lipinski definition) is 0. The number of thioether (sulfide) groups is 1. The van der Waals surface area contributed by atoms with Crippen LogP contribution in [0.15, 0.2) is 17.4 Å². The number of aromatic nitrogens is 3. The molecule has 4 nitrogen and oxygen atoms in total. The molecule has 0 bridgehead atoms. The molecular formula is C15H19ClN4S2. The molecule has 22 heavy (non-hydrogen) atoms. The van der Waals surface area contributed by atoms with Crippen LogP contribution < -0.4 is 0 Å². The van der Waals surface area contributed by atoms with Crippen molar-refractivity contribution in [2.75, 3.05) is 26.4 Å². The van der Waals surface area contributed by atoms with Crippen molar-refractivity contribution in [1.82, 2.24) is 19.9 Å². The molecule has 0 aliphatic carbocycles. The van der Waals surface area contributed by atoms with Gasteiger partial charge in [-0.2, -0.15) is 0 Å². The predicted molar refractivity (Wildman–Crippen MR) is 98.7 cm³/mol. The van der Waals surface area contributed by atoms with Crippen LogP contribution in [0.1, 0.15) is 11.3 Å². The van der Waals surface area contributed by atoms with Crippen LogP contribution >= 0.6 is 35.5 Å². The summed E-state index contributed by atoms with van der Waals surface area (Å²) in [5.41, 5.74) is 3.34. The van der Waals surface area contributed by atoms with E-state index in [1.165, 1.54) is 10.9 Å². The Balaban J connectivity index is 0.00000176. The van der Waals surface area contributed by atoms with E-state index in [0.717, 1.165) is 38.1 Å². The maximum absolute atomic E-state index is 4.66. The molecule has 0 atom stereocenters. The Morgan fingerprint density at radius 1 is 1.23 bits per heavy atom. The summed E-state index contributed by atoms with van der Waals surface area (Å²) < 4.78 is 1.16. The molecular weight excluding hydrogens is 336 g/mol. The van der Waals surface area contributed by atoms with Crippen molar-refractivity contribution >= 4 is 55.9 Å². The molecule has 0 N–H and O–H groups in total. The summed E-state index contributed by atoms with van der Waals surface area (Å²) in [7, 11) is 4.18. The third kappa shape index (κ3) is 3.35. The van der Waals surface area contributed by atoms with Crippen molar-refractivity contribution in [2.24, 2.45) is 0 Å². The van der Waals surface area contributed by atoms with E-state index in [-0.39, 0.29) is 12.4 Å². The second kappa shape index (κ2) is 7.08. The minimum Gasteiger partial charge on any atom is -0.309 e. The molecule has 7 heteroatoms. The van der Waals surface area contributed by atoms with Gasteiger partial charge in [0.2, 0.25) is 0 Å². The number of nitrogens with zero attached hydrogens (tertiary/aromatic N) is 4. The molecule has 3 aromatic rings. The van der Waals surface area contributed by atoms with Gasteiger partial charge in [0.15, 0.2) is 0 Å². The summed E-state index contributed by atoms with van der Waals surface area (Å²) in [6.45, 7) is 5.21. The van der Waals surface area contributed by atoms with Gasteiger partial charge < -0.3 is 4.90 Å². The lowest BCUT2D eigenvalue weighted by molar-refractivity contribution is 0.437. The highest BCUT2D eigenvalue weighted by Gasteiger charge is 2.14. The van der Waals surface area contributed by atoms with Crippen LogP contribution in [0.4, 0.5) is 0 Å². The molecule has 3 aromatic heterocycles. The first-order chi connectivity index (χ1) is 10.1. The average molecular weight is 355 g/mol. The lowest BCUT2D eigenvalue weighted by Crippen LogP contribution is -2.14. The van der Waals surface area contributed by atoms with E-state index in [1.54, 1.807) is 29.4 Å². The van der Waals surface area contributed by atoms with Crippen molar-refractivity contribution in [3.63, 3.8) is 0 Å². The van der Waals surface area contributed by atoms with Crippen LogP contribution in [0.2, 0.25) is 0 Å². The molecule has 0 aromatic carbocycles. The molecule has 0 radical (unpaired) electrons. The van der Waals surface area contributed by atoms with Crippen LogP contribution in [0.25, 0.3) is 20.4 Å². The predicted octanol–water partition coefficient (Wildman–Crippen LogP) is 3.93. The van der Waals surface area contributed by atoms with Crippen molar-refractivity contribution < 1.29 is 0 Å². The number of hydrogen-bond acceptors (Lipinski definition) is 6. The fraction of sp³-hybridized carbons (Fsp3) is 0.400. The minimum absolute atomic E-state index is 0. The molecule has 0 saturated carbocycles. The largest absolute Gasteiger partial charge is 0.309 e. The third-order valence-corrected chi connectivity index (χ3v) is 5.47. The van der Waals surface area contributed by atoms with E-state index < -0.39 is 0 Å². The zero-order valence-electron chi connectivity index (χ0n) is 13.1. The molecule has 0 amide bonds. The Labute approximate surface area is 144 Å². The standard InChI is InChI=1S/C15H18N4S2.ClH/c1-9-7-10(2)18-14-11(9)12-13(21-14)15(17-8-16-12)20-6-5-19(3)4;/h7-8H,5-6H2,1-4H3;1H. The summed E-state index contributed by atoms with van der Waals surface area (Å²) in [6, 6.07) is 2.12. The van der Waals surface area contributed by atoms with Crippen LogP contribution in [-0.2, 0) is 0 Å². The Bertz CT molecular complexity index is 801. The van der Waals surface area contributed by atoms with Crippen molar-refractivity contribution in [2.45, 2.75) is 18.9 Å². The van der Waals surface area contributed by atoms with Crippen LogP contribution in [0.5, 0.6) is 0 Å². The van der Waals surface area contributed by atoms with Crippen LogP contribution in [-0.4, -0.2) is 46.2 Å². The Hall–Kier alpha value is -0.950. The smallest absolute Gasteiger partial charge is 0.126 e. The van der Waals surface area contributed by atoms with Gasteiger partial charge in [-0.1, -0.05) is 0 Å². The second-order valence-electron chi connectivity index (χ2n) is 5.37.